The van der Waals surface area contributed by atoms with Crippen molar-refractivity contribution in [3.8, 4) is 0 Å². The highest BCUT2D eigenvalue weighted by Crippen LogP contribution is 2.28. The zero-order valence-electron chi connectivity index (χ0n) is 16.5. The summed E-state index contributed by atoms with van der Waals surface area (Å²) >= 11 is 2.84. The zero-order valence-corrected chi connectivity index (χ0v) is 18.2. The number of aromatic nitrogens is 2. The molecule has 0 saturated heterocycles. The van der Waals surface area contributed by atoms with Crippen LogP contribution < -0.4 is 10.9 Å². The highest BCUT2D eigenvalue weighted by molar-refractivity contribution is 7.99. The summed E-state index contributed by atoms with van der Waals surface area (Å²) in [6, 6.07) is 0. The number of rotatable bonds is 8. The maximum absolute atomic E-state index is 12.9. The van der Waals surface area contributed by atoms with E-state index in [-0.39, 0.29) is 17.2 Å². The molecule has 150 valence electrons. The van der Waals surface area contributed by atoms with Crippen LogP contribution in [0.4, 0.5) is 0 Å². The number of thioether (sulfide) groups is 1. The van der Waals surface area contributed by atoms with Crippen LogP contribution in [0.25, 0.3) is 10.2 Å². The molecule has 1 N–H and O–H groups in total. The molecule has 0 radical (unpaired) electrons. The maximum atomic E-state index is 12.9. The number of thiophene rings is 1. The summed E-state index contributed by atoms with van der Waals surface area (Å²) in [5, 5.41) is 4.24. The minimum atomic E-state index is -0.0566. The van der Waals surface area contributed by atoms with Crippen molar-refractivity contribution in [2.45, 2.75) is 57.7 Å². The van der Waals surface area contributed by atoms with Crippen LogP contribution in [0.15, 0.2) is 34.3 Å². The summed E-state index contributed by atoms with van der Waals surface area (Å²) in [6.45, 7) is 8.75. The molecule has 0 aliphatic heterocycles. The van der Waals surface area contributed by atoms with Crippen LogP contribution in [0, 0.1) is 13.8 Å². The van der Waals surface area contributed by atoms with Crippen molar-refractivity contribution in [1.29, 1.82) is 0 Å². The van der Waals surface area contributed by atoms with Gasteiger partial charge in [-0.1, -0.05) is 29.5 Å². The quantitative estimate of drug-likeness (QED) is 0.394. The third kappa shape index (κ3) is 4.75. The van der Waals surface area contributed by atoms with Gasteiger partial charge >= 0.3 is 0 Å². The Balaban J connectivity index is 1.66. The fourth-order valence-electron chi connectivity index (χ4n) is 3.38. The van der Waals surface area contributed by atoms with E-state index in [1.807, 2.05) is 13.8 Å². The maximum Gasteiger partial charge on any atom is 0.263 e. The lowest BCUT2D eigenvalue weighted by molar-refractivity contribution is -0.118. The Bertz CT molecular complexity index is 972. The number of allylic oxidation sites excluding steroid dienone is 2. The van der Waals surface area contributed by atoms with Crippen molar-refractivity contribution in [3.05, 3.63) is 45.1 Å². The molecule has 0 bridgehead atoms. The van der Waals surface area contributed by atoms with Gasteiger partial charge in [-0.3, -0.25) is 14.2 Å². The fourth-order valence-corrected chi connectivity index (χ4v) is 5.29. The molecule has 2 heterocycles. The first kappa shape index (κ1) is 20.9. The summed E-state index contributed by atoms with van der Waals surface area (Å²) in [5.74, 6) is 0.219. The Kier molecular flexibility index (Phi) is 7.13. The predicted molar refractivity (Wildman–Crippen MR) is 118 cm³/mol. The highest BCUT2D eigenvalue weighted by Gasteiger charge is 2.17. The van der Waals surface area contributed by atoms with Crippen molar-refractivity contribution in [3.63, 3.8) is 0 Å². The molecule has 0 aromatic carbocycles. The number of hydrogen-bond acceptors (Lipinski definition) is 5. The smallest absolute Gasteiger partial charge is 0.263 e. The van der Waals surface area contributed by atoms with Crippen LogP contribution in [0.3, 0.4) is 0 Å². The van der Waals surface area contributed by atoms with E-state index in [0.717, 1.165) is 34.5 Å². The molecule has 0 atom stereocenters. The van der Waals surface area contributed by atoms with Gasteiger partial charge in [0.25, 0.3) is 5.56 Å². The summed E-state index contributed by atoms with van der Waals surface area (Å²) in [7, 11) is 0. The first-order valence-corrected chi connectivity index (χ1v) is 11.5. The second-order valence-corrected chi connectivity index (χ2v) is 9.20. The van der Waals surface area contributed by atoms with E-state index in [2.05, 4.69) is 23.0 Å². The highest BCUT2D eigenvalue weighted by atomic mass is 32.2. The standard InChI is InChI=1S/C21H27N3O2S2/c1-4-12-24-20(26)18-14(2)15(3)28-19(18)23-21(24)27-13-17(25)22-11-10-16-8-6-5-7-9-16/h4,8H,1,5-7,9-13H2,2-3H3,(H,22,25). The summed E-state index contributed by atoms with van der Waals surface area (Å²) in [5.41, 5.74) is 2.38. The van der Waals surface area contributed by atoms with Gasteiger partial charge in [0.15, 0.2) is 5.16 Å². The Hall–Kier alpha value is -1.86. The van der Waals surface area contributed by atoms with Gasteiger partial charge < -0.3 is 5.32 Å². The number of carbonyl (C=O) groups excluding carboxylic acids is 1. The normalized spacial score (nSPS) is 14.1. The van der Waals surface area contributed by atoms with Crippen molar-refractivity contribution < 1.29 is 4.79 Å². The molecule has 1 aliphatic carbocycles. The molecule has 28 heavy (non-hydrogen) atoms. The minimum Gasteiger partial charge on any atom is -0.355 e. The summed E-state index contributed by atoms with van der Waals surface area (Å²) < 4.78 is 1.61. The number of carbonyl (C=O) groups is 1. The Morgan fingerprint density at radius 2 is 2.25 bits per heavy atom. The van der Waals surface area contributed by atoms with Crippen LogP contribution in [0.5, 0.6) is 0 Å². The average Bonchev–Trinajstić information content (AvgIpc) is 2.97. The Morgan fingerprint density at radius 3 is 2.96 bits per heavy atom. The summed E-state index contributed by atoms with van der Waals surface area (Å²) in [6.07, 6.45) is 9.77. The van der Waals surface area contributed by atoms with E-state index in [1.54, 1.807) is 10.6 Å². The van der Waals surface area contributed by atoms with Crippen LogP contribution >= 0.6 is 23.1 Å². The van der Waals surface area contributed by atoms with Crippen LogP contribution in [0.1, 0.15) is 42.5 Å². The molecule has 0 fully saturated rings. The number of aryl methyl sites for hydroxylation is 2. The van der Waals surface area contributed by atoms with Gasteiger partial charge in [-0.2, -0.15) is 0 Å². The van der Waals surface area contributed by atoms with E-state index >= 15 is 0 Å². The molecule has 1 amide bonds. The molecule has 2 aromatic rings. The van der Waals surface area contributed by atoms with Crippen molar-refractivity contribution >= 4 is 39.2 Å². The van der Waals surface area contributed by atoms with Gasteiger partial charge in [-0.05, 0) is 51.5 Å². The molecular weight excluding hydrogens is 390 g/mol. The lowest BCUT2D eigenvalue weighted by Crippen LogP contribution is -2.28. The largest absolute Gasteiger partial charge is 0.355 e. The molecule has 0 unspecified atom stereocenters. The van der Waals surface area contributed by atoms with E-state index in [4.69, 9.17) is 0 Å². The lowest BCUT2D eigenvalue weighted by Gasteiger charge is -2.13. The van der Waals surface area contributed by atoms with Crippen LogP contribution in [-0.2, 0) is 11.3 Å². The molecule has 7 heteroatoms. The van der Waals surface area contributed by atoms with Gasteiger partial charge in [0.05, 0.1) is 11.1 Å². The van der Waals surface area contributed by atoms with E-state index in [1.165, 1.54) is 41.5 Å². The van der Waals surface area contributed by atoms with E-state index < -0.39 is 0 Å². The van der Waals surface area contributed by atoms with Crippen molar-refractivity contribution in [2.75, 3.05) is 12.3 Å². The SMILES string of the molecule is C=CCn1c(SCC(=O)NCCC2=CCCCC2)nc2sc(C)c(C)c2c1=O. The number of nitrogens with zero attached hydrogens (tertiary/aromatic N) is 2. The monoisotopic (exact) mass is 417 g/mol. The van der Waals surface area contributed by atoms with Crippen molar-refractivity contribution in [2.24, 2.45) is 0 Å². The molecule has 5 nitrogen and oxygen atoms in total. The topological polar surface area (TPSA) is 64.0 Å². The van der Waals surface area contributed by atoms with Gasteiger partial charge in [-0.15, -0.1) is 17.9 Å². The lowest BCUT2D eigenvalue weighted by atomic mass is 9.97. The van der Waals surface area contributed by atoms with Crippen LogP contribution in [-0.4, -0.2) is 27.8 Å². The number of nitrogens with one attached hydrogen (secondary N) is 1. The van der Waals surface area contributed by atoms with Gasteiger partial charge in [0.2, 0.25) is 5.91 Å². The molecule has 0 saturated carbocycles. The first-order chi connectivity index (χ1) is 13.5. The van der Waals surface area contributed by atoms with Crippen molar-refractivity contribution in [1.82, 2.24) is 14.9 Å². The molecule has 3 rings (SSSR count). The zero-order chi connectivity index (χ0) is 20.1. The number of hydrogen-bond donors (Lipinski definition) is 1. The summed E-state index contributed by atoms with van der Waals surface area (Å²) in [4.78, 5) is 31.7. The second kappa shape index (κ2) is 9.56. The first-order valence-electron chi connectivity index (χ1n) is 9.70. The van der Waals surface area contributed by atoms with Gasteiger partial charge in [0, 0.05) is 18.0 Å². The fraction of sp³-hybridized carbons (Fsp3) is 0.476. The van der Waals surface area contributed by atoms with Crippen LogP contribution in [0.2, 0.25) is 0 Å². The van der Waals surface area contributed by atoms with E-state index in [0.29, 0.717) is 23.6 Å². The minimum absolute atomic E-state index is 0.0283. The Labute approximate surface area is 173 Å². The Morgan fingerprint density at radius 1 is 1.43 bits per heavy atom. The molecule has 2 aromatic heterocycles. The number of amides is 1. The molecular formula is C21H27N3O2S2. The third-order valence-electron chi connectivity index (χ3n) is 5.05. The van der Waals surface area contributed by atoms with E-state index in [9.17, 15) is 9.59 Å². The van der Waals surface area contributed by atoms with Gasteiger partial charge in [0.1, 0.15) is 4.83 Å². The molecule has 1 aliphatic rings. The average molecular weight is 418 g/mol. The molecule has 0 spiro atoms. The van der Waals surface area contributed by atoms with Gasteiger partial charge in [-0.25, -0.2) is 4.98 Å². The predicted octanol–water partition coefficient (Wildman–Crippen LogP) is 4.36. The number of fused-ring (bicyclic) bond motifs is 1. The third-order valence-corrected chi connectivity index (χ3v) is 7.13. The second-order valence-electron chi connectivity index (χ2n) is 7.06.